The Morgan fingerprint density at radius 3 is 2.82 bits per heavy atom. The molecule has 3 heterocycles. The molecule has 5 rings (SSSR count). The maximum absolute atomic E-state index is 6.13. The third-order valence-corrected chi connectivity index (χ3v) is 5.37. The van der Waals surface area contributed by atoms with Gasteiger partial charge in [-0.1, -0.05) is 6.08 Å². The largest absolute Gasteiger partial charge is 0.457 e. The van der Waals surface area contributed by atoms with Gasteiger partial charge in [0.1, 0.15) is 28.9 Å². The van der Waals surface area contributed by atoms with Crippen molar-refractivity contribution in [3.63, 3.8) is 0 Å². The molecule has 3 aromatic heterocycles. The van der Waals surface area contributed by atoms with E-state index >= 15 is 0 Å². The molecule has 0 unspecified atom stereocenters. The Bertz CT molecular complexity index is 1490. The minimum absolute atomic E-state index is 0.525. The van der Waals surface area contributed by atoms with Gasteiger partial charge < -0.3 is 19.9 Å². The van der Waals surface area contributed by atoms with Gasteiger partial charge in [-0.25, -0.2) is 24.9 Å². The predicted molar refractivity (Wildman–Crippen MR) is 134 cm³/mol. The smallest absolute Gasteiger partial charge is 0.223 e. The summed E-state index contributed by atoms with van der Waals surface area (Å²) in [6, 6.07) is 11.8. The Hall–Kier alpha value is -4.53. The topological polar surface area (TPSA) is 103 Å². The molecule has 0 aliphatic rings. The molecule has 2 aromatic carbocycles. The molecule has 170 valence electrons. The molecule has 0 atom stereocenters. The first kappa shape index (κ1) is 21.3. The fraction of sp³-hybridized carbons (Fsp3) is 0.160. The number of fused-ring (bicyclic) bond motifs is 2. The van der Waals surface area contributed by atoms with E-state index < -0.39 is 0 Å². The van der Waals surface area contributed by atoms with Gasteiger partial charge in [-0.3, -0.25) is 0 Å². The average molecular weight is 453 g/mol. The van der Waals surface area contributed by atoms with E-state index in [1.807, 2.05) is 61.0 Å². The van der Waals surface area contributed by atoms with Crippen molar-refractivity contribution in [2.45, 2.75) is 13.3 Å². The summed E-state index contributed by atoms with van der Waals surface area (Å²) in [6.45, 7) is 6.44. The van der Waals surface area contributed by atoms with Crippen molar-refractivity contribution in [2.24, 2.45) is 7.05 Å². The van der Waals surface area contributed by atoms with Crippen LogP contribution < -0.4 is 15.4 Å². The fourth-order valence-electron chi connectivity index (χ4n) is 3.60. The Morgan fingerprint density at radius 2 is 1.97 bits per heavy atom. The van der Waals surface area contributed by atoms with E-state index in [1.165, 1.54) is 6.33 Å². The van der Waals surface area contributed by atoms with Gasteiger partial charge >= 0.3 is 0 Å². The Labute approximate surface area is 196 Å². The SMILES string of the molecule is C=CCCNc1ncc2ncnc(Nc3ccc(Oc4ccc5c(c4)ncn5C)c(C)c3)c2n1. The fourth-order valence-corrected chi connectivity index (χ4v) is 3.60. The molecule has 5 aromatic rings. The maximum Gasteiger partial charge on any atom is 0.223 e. The monoisotopic (exact) mass is 452 g/mol. The zero-order chi connectivity index (χ0) is 23.5. The molecule has 0 spiro atoms. The molecule has 9 heteroatoms. The number of ether oxygens (including phenoxy) is 1. The first-order chi connectivity index (χ1) is 16.6. The van der Waals surface area contributed by atoms with Crippen LogP contribution in [0.15, 0.2) is 67.9 Å². The second kappa shape index (κ2) is 9.14. The first-order valence-corrected chi connectivity index (χ1v) is 10.9. The van der Waals surface area contributed by atoms with Gasteiger partial charge in [0.2, 0.25) is 5.95 Å². The second-order valence-corrected chi connectivity index (χ2v) is 7.87. The highest BCUT2D eigenvalue weighted by atomic mass is 16.5. The van der Waals surface area contributed by atoms with Crippen LogP contribution in [0.2, 0.25) is 0 Å². The molecule has 34 heavy (non-hydrogen) atoms. The number of rotatable bonds is 8. The van der Waals surface area contributed by atoms with Gasteiger partial charge in [-0.05, 0) is 49.2 Å². The Morgan fingerprint density at radius 1 is 1.06 bits per heavy atom. The maximum atomic E-state index is 6.13. The Balaban J connectivity index is 1.36. The van der Waals surface area contributed by atoms with E-state index in [9.17, 15) is 0 Å². The summed E-state index contributed by atoms with van der Waals surface area (Å²) in [5, 5.41) is 6.53. The lowest BCUT2D eigenvalue weighted by molar-refractivity contribution is 0.479. The number of anilines is 3. The van der Waals surface area contributed by atoms with E-state index in [-0.39, 0.29) is 0 Å². The van der Waals surface area contributed by atoms with Crippen LogP contribution in [0.1, 0.15) is 12.0 Å². The van der Waals surface area contributed by atoms with Gasteiger partial charge in [0.15, 0.2) is 5.82 Å². The molecule has 0 saturated heterocycles. The standard InChI is InChI=1S/C25H24N8O/c1-4-5-10-26-25-27-13-20-23(32-25)24(29-14-28-20)31-17-6-9-22(16(2)11-17)34-18-7-8-21-19(12-18)30-15-33(21)3/h4,6-9,11-15H,1,5,10H2,2-3H3,(H,26,27,32)(H,28,29,31). The summed E-state index contributed by atoms with van der Waals surface area (Å²) in [4.78, 5) is 22.0. The van der Waals surface area contributed by atoms with Gasteiger partial charge in [0, 0.05) is 25.3 Å². The van der Waals surface area contributed by atoms with Gasteiger partial charge in [-0.15, -0.1) is 6.58 Å². The number of imidazole rings is 1. The molecule has 0 aliphatic heterocycles. The van der Waals surface area contributed by atoms with Crippen LogP contribution in [0, 0.1) is 6.92 Å². The lowest BCUT2D eigenvalue weighted by Crippen LogP contribution is -2.06. The van der Waals surface area contributed by atoms with E-state index in [1.54, 1.807) is 12.5 Å². The van der Waals surface area contributed by atoms with Crippen molar-refractivity contribution in [2.75, 3.05) is 17.2 Å². The number of benzene rings is 2. The van der Waals surface area contributed by atoms with E-state index in [2.05, 4.69) is 42.1 Å². The van der Waals surface area contributed by atoms with E-state index in [0.717, 1.165) is 40.2 Å². The molecule has 0 radical (unpaired) electrons. The van der Waals surface area contributed by atoms with Crippen molar-refractivity contribution < 1.29 is 4.74 Å². The minimum Gasteiger partial charge on any atom is -0.457 e. The van der Waals surface area contributed by atoms with Crippen LogP contribution in [-0.4, -0.2) is 36.0 Å². The highest BCUT2D eigenvalue weighted by Crippen LogP contribution is 2.30. The Kier molecular flexibility index (Phi) is 5.73. The zero-order valence-corrected chi connectivity index (χ0v) is 19.0. The summed E-state index contributed by atoms with van der Waals surface area (Å²) in [7, 11) is 1.97. The number of nitrogens with zero attached hydrogens (tertiary/aromatic N) is 6. The highest BCUT2D eigenvalue weighted by Gasteiger charge is 2.10. The number of hydrogen-bond donors (Lipinski definition) is 2. The van der Waals surface area contributed by atoms with Crippen molar-refractivity contribution in [3.05, 3.63) is 73.5 Å². The average Bonchev–Trinajstić information content (AvgIpc) is 3.21. The zero-order valence-electron chi connectivity index (χ0n) is 19.0. The number of aromatic nitrogens is 6. The number of hydrogen-bond acceptors (Lipinski definition) is 8. The molecular formula is C25H24N8O. The molecular weight excluding hydrogens is 428 g/mol. The normalized spacial score (nSPS) is 11.0. The third-order valence-electron chi connectivity index (χ3n) is 5.37. The van der Waals surface area contributed by atoms with E-state index in [4.69, 9.17) is 4.74 Å². The van der Waals surface area contributed by atoms with Crippen LogP contribution in [0.4, 0.5) is 17.5 Å². The van der Waals surface area contributed by atoms with Crippen molar-refractivity contribution >= 4 is 39.5 Å². The molecule has 0 saturated carbocycles. The lowest BCUT2D eigenvalue weighted by atomic mass is 10.2. The van der Waals surface area contributed by atoms with Crippen molar-refractivity contribution in [1.29, 1.82) is 0 Å². The summed E-state index contributed by atoms with van der Waals surface area (Å²) < 4.78 is 8.10. The molecule has 0 aliphatic carbocycles. The van der Waals surface area contributed by atoms with Crippen LogP contribution in [0.3, 0.4) is 0 Å². The summed E-state index contributed by atoms with van der Waals surface area (Å²) >= 11 is 0. The molecule has 0 bridgehead atoms. The van der Waals surface area contributed by atoms with Gasteiger partial charge in [-0.2, -0.15) is 0 Å². The van der Waals surface area contributed by atoms with Crippen LogP contribution in [0.25, 0.3) is 22.1 Å². The third kappa shape index (κ3) is 4.36. The van der Waals surface area contributed by atoms with Gasteiger partial charge in [0.05, 0.1) is 23.6 Å². The van der Waals surface area contributed by atoms with E-state index in [0.29, 0.717) is 29.3 Å². The quantitative estimate of drug-likeness (QED) is 0.246. The summed E-state index contributed by atoms with van der Waals surface area (Å²) in [5.74, 6) is 2.64. The molecule has 2 N–H and O–H groups in total. The number of aryl methyl sites for hydroxylation is 2. The number of nitrogens with one attached hydrogen (secondary N) is 2. The highest BCUT2D eigenvalue weighted by molar-refractivity contribution is 5.87. The lowest BCUT2D eigenvalue weighted by Gasteiger charge is -2.12. The van der Waals surface area contributed by atoms with Gasteiger partial charge in [0.25, 0.3) is 0 Å². The van der Waals surface area contributed by atoms with Crippen molar-refractivity contribution in [1.82, 2.24) is 29.5 Å². The van der Waals surface area contributed by atoms with Crippen LogP contribution >= 0.6 is 0 Å². The van der Waals surface area contributed by atoms with Crippen LogP contribution in [-0.2, 0) is 7.05 Å². The summed E-state index contributed by atoms with van der Waals surface area (Å²) in [6.07, 6.45) is 7.64. The van der Waals surface area contributed by atoms with Crippen molar-refractivity contribution in [3.8, 4) is 11.5 Å². The molecule has 9 nitrogen and oxygen atoms in total. The molecule has 0 fully saturated rings. The first-order valence-electron chi connectivity index (χ1n) is 10.9. The minimum atomic E-state index is 0.525. The second-order valence-electron chi connectivity index (χ2n) is 7.87. The molecule has 0 amide bonds. The predicted octanol–water partition coefficient (Wildman–Crippen LogP) is 5.14. The van der Waals surface area contributed by atoms with Crippen LogP contribution in [0.5, 0.6) is 11.5 Å². The summed E-state index contributed by atoms with van der Waals surface area (Å²) in [5.41, 5.74) is 5.10.